The van der Waals surface area contributed by atoms with Crippen LogP contribution in [0.3, 0.4) is 0 Å². The Hall–Kier alpha value is -2.03. The first-order valence-corrected chi connectivity index (χ1v) is 8.62. The number of rotatable bonds is 6. The third-order valence-electron chi connectivity index (χ3n) is 3.99. The van der Waals surface area contributed by atoms with E-state index in [2.05, 4.69) is 28.3 Å². The second kappa shape index (κ2) is 10.2. The lowest BCUT2D eigenvalue weighted by atomic mass is 10.0. The maximum absolute atomic E-state index is 6.10. The third kappa shape index (κ3) is 5.23. The molecule has 0 fully saturated rings. The van der Waals surface area contributed by atoms with E-state index in [1.165, 1.54) is 0 Å². The molecule has 1 aromatic carbocycles. The van der Waals surface area contributed by atoms with Crippen molar-refractivity contribution in [2.24, 2.45) is 10.7 Å². The van der Waals surface area contributed by atoms with Gasteiger partial charge < -0.3 is 20.5 Å². The van der Waals surface area contributed by atoms with Crippen molar-refractivity contribution in [1.82, 2.24) is 10.3 Å². The molecular weight excluding hydrogens is 443 g/mol. The number of nitrogens with one attached hydrogen (secondary N) is 1. The van der Waals surface area contributed by atoms with Gasteiger partial charge in [0.1, 0.15) is 5.75 Å². The van der Waals surface area contributed by atoms with Crippen molar-refractivity contribution in [1.29, 1.82) is 0 Å². The number of fused-ring (bicyclic) bond motifs is 1. The minimum atomic E-state index is 0. The Morgan fingerprint density at radius 1 is 1.35 bits per heavy atom. The summed E-state index contributed by atoms with van der Waals surface area (Å²) in [5.41, 5.74) is 8.13. The van der Waals surface area contributed by atoms with Crippen molar-refractivity contribution < 1.29 is 9.47 Å². The van der Waals surface area contributed by atoms with Gasteiger partial charge >= 0.3 is 0 Å². The summed E-state index contributed by atoms with van der Waals surface area (Å²) in [6.45, 7) is 3.80. The quantitative estimate of drug-likeness (QED) is 0.386. The number of ether oxygens (including phenoxy) is 2. The Morgan fingerprint density at radius 2 is 2.19 bits per heavy atom. The van der Waals surface area contributed by atoms with Gasteiger partial charge in [-0.2, -0.15) is 0 Å². The molecule has 0 bridgehead atoms. The highest BCUT2D eigenvalue weighted by atomic mass is 127. The van der Waals surface area contributed by atoms with Gasteiger partial charge in [-0.05, 0) is 18.6 Å². The smallest absolute Gasteiger partial charge is 0.218 e. The number of aromatic nitrogens is 1. The van der Waals surface area contributed by atoms with E-state index < -0.39 is 0 Å². The number of nitrogens with two attached hydrogens (primary N) is 1. The molecule has 0 saturated heterocycles. The van der Waals surface area contributed by atoms with Crippen molar-refractivity contribution in [3.8, 4) is 11.6 Å². The second-order valence-corrected chi connectivity index (χ2v) is 5.89. The number of halogens is 1. The molecule has 2 heterocycles. The third-order valence-corrected chi connectivity index (χ3v) is 3.99. The number of aliphatic imine (C=N–C) groups is 1. The predicted octanol–water partition coefficient (Wildman–Crippen LogP) is 3.42. The van der Waals surface area contributed by atoms with Crippen LogP contribution in [0.4, 0.5) is 0 Å². The molecule has 7 heteroatoms. The molecule has 3 N–H and O–H groups in total. The molecular formula is C19H25IN4O2. The van der Waals surface area contributed by atoms with Crippen LogP contribution in [-0.2, 0) is 6.54 Å². The van der Waals surface area contributed by atoms with E-state index in [0.29, 0.717) is 31.6 Å². The molecule has 0 amide bonds. The van der Waals surface area contributed by atoms with Crippen LogP contribution in [-0.4, -0.2) is 24.2 Å². The number of benzene rings is 1. The minimum absolute atomic E-state index is 0. The van der Waals surface area contributed by atoms with Gasteiger partial charge in [0.2, 0.25) is 5.88 Å². The van der Waals surface area contributed by atoms with E-state index in [1.807, 2.05) is 30.3 Å². The van der Waals surface area contributed by atoms with Gasteiger partial charge in [-0.15, -0.1) is 24.0 Å². The molecule has 1 aliphatic rings. The summed E-state index contributed by atoms with van der Waals surface area (Å²) in [4.78, 5) is 8.72. The van der Waals surface area contributed by atoms with Crippen LogP contribution in [0.1, 0.15) is 36.9 Å². The summed E-state index contributed by atoms with van der Waals surface area (Å²) < 4.78 is 11.3. The summed E-state index contributed by atoms with van der Waals surface area (Å²) >= 11 is 0. The lowest BCUT2D eigenvalue weighted by Gasteiger charge is -2.26. The fourth-order valence-corrected chi connectivity index (χ4v) is 2.76. The van der Waals surface area contributed by atoms with Gasteiger partial charge in [-0.1, -0.05) is 31.2 Å². The van der Waals surface area contributed by atoms with Gasteiger partial charge in [0.25, 0.3) is 0 Å². The fraction of sp³-hybridized carbons (Fsp3) is 0.368. The second-order valence-electron chi connectivity index (χ2n) is 5.89. The van der Waals surface area contributed by atoms with Gasteiger partial charge in [-0.25, -0.2) is 9.98 Å². The highest BCUT2D eigenvalue weighted by molar-refractivity contribution is 14.0. The molecule has 1 aliphatic heterocycles. The van der Waals surface area contributed by atoms with Crippen LogP contribution in [0.25, 0.3) is 0 Å². The average molecular weight is 468 g/mol. The molecule has 0 saturated carbocycles. The summed E-state index contributed by atoms with van der Waals surface area (Å²) in [5.74, 6) is 1.94. The van der Waals surface area contributed by atoms with Crippen molar-refractivity contribution in [2.45, 2.75) is 32.4 Å². The molecule has 0 aliphatic carbocycles. The van der Waals surface area contributed by atoms with E-state index in [9.17, 15) is 0 Å². The lowest BCUT2D eigenvalue weighted by Crippen LogP contribution is -2.37. The Labute approximate surface area is 171 Å². The Morgan fingerprint density at radius 3 is 3.04 bits per heavy atom. The van der Waals surface area contributed by atoms with Gasteiger partial charge in [0, 0.05) is 23.7 Å². The highest BCUT2D eigenvalue weighted by Crippen LogP contribution is 2.31. The van der Waals surface area contributed by atoms with E-state index in [1.54, 1.807) is 6.20 Å². The monoisotopic (exact) mass is 468 g/mol. The zero-order chi connectivity index (χ0) is 17.5. The predicted molar refractivity (Wildman–Crippen MR) is 113 cm³/mol. The molecule has 0 radical (unpaired) electrons. The zero-order valence-electron chi connectivity index (χ0n) is 14.9. The normalized spacial score (nSPS) is 16.0. The molecule has 2 aromatic rings. The van der Waals surface area contributed by atoms with Crippen LogP contribution in [0, 0.1) is 0 Å². The molecule has 3 rings (SSSR count). The van der Waals surface area contributed by atoms with Crippen molar-refractivity contribution in [3.05, 3.63) is 53.7 Å². The summed E-state index contributed by atoms with van der Waals surface area (Å²) in [5, 5.41) is 3.29. The number of para-hydroxylation sites is 1. The highest BCUT2D eigenvalue weighted by Gasteiger charge is 2.21. The first-order valence-electron chi connectivity index (χ1n) is 8.62. The number of hydrogen-bond donors (Lipinski definition) is 2. The van der Waals surface area contributed by atoms with E-state index in [0.717, 1.165) is 29.7 Å². The van der Waals surface area contributed by atoms with E-state index >= 15 is 0 Å². The van der Waals surface area contributed by atoms with Gasteiger partial charge in [0.15, 0.2) is 5.96 Å². The summed E-state index contributed by atoms with van der Waals surface area (Å²) in [6, 6.07) is 11.9. The molecule has 1 atom stereocenters. The van der Waals surface area contributed by atoms with Crippen molar-refractivity contribution in [2.75, 3.05) is 13.2 Å². The molecule has 26 heavy (non-hydrogen) atoms. The largest absolute Gasteiger partial charge is 0.493 e. The minimum Gasteiger partial charge on any atom is -0.493 e. The standard InChI is InChI=1S/C19H24N4O2.HI/c1-2-11-25-18-14(6-5-10-21-18)13-22-19(20)23-16-9-12-24-17-8-4-3-7-15(16)17;/h3-8,10,16H,2,9,11-13H2,1H3,(H3,20,22,23);1H. The summed E-state index contributed by atoms with van der Waals surface area (Å²) in [7, 11) is 0. The van der Waals surface area contributed by atoms with E-state index in [-0.39, 0.29) is 30.0 Å². The first-order chi connectivity index (χ1) is 12.3. The summed E-state index contributed by atoms with van der Waals surface area (Å²) in [6.07, 6.45) is 3.51. The number of nitrogens with zero attached hydrogens (tertiary/aromatic N) is 2. The van der Waals surface area contributed by atoms with Crippen LogP contribution in [0.2, 0.25) is 0 Å². The zero-order valence-corrected chi connectivity index (χ0v) is 17.2. The fourth-order valence-electron chi connectivity index (χ4n) is 2.76. The van der Waals surface area contributed by atoms with E-state index in [4.69, 9.17) is 15.2 Å². The Bertz CT molecular complexity index is 739. The Balaban J connectivity index is 0.00000243. The van der Waals surface area contributed by atoms with Crippen molar-refractivity contribution in [3.63, 3.8) is 0 Å². The lowest BCUT2D eigenvalue weighted by molar-refractivity contribution is 0.262. The first kappa shape index (κ1) is 20.3. The number of guanidine groups is 1. The molecule has 0 spiro atoms. The SMILES string of the molecule is CCCOc1ncccc1CN=C(N)NC1CCOc2ccccc21.I. The number of pyridine rings is 1. The average Bonchev–Trinajstić information content (AvgIpc) is 2.65. The van der Waals surface area contributed by atoms with Crippen molar-refractivity contribution >= 4 is 29.9 Å². The maximum Gasteiger partial charge on any atom is 0.218 e. The van der Waals surface area contributed by atoms with Crippen LogP contribution >= 0.6 is 24.0 Å². The molecule has 6 nitrogen and oxygen atoms in total. The maximum atomic E-state index is 6.10. The Kier molecular flexibility index (Phi) is 7.96. The van der Waals surface area contributed by atoms with Crippen LogP contribution in [0.5, 0.6) is 11.6 Å². The molecule has 140 valence electrons. The molecule has 1 unspecified atom stereocenters. The number of hydrogen-bond acceptors (Lipinski definition) is 4. The molecule has 1 aromatic heterocycles. The van der Waals surface area contributed by atoms with Gasteiger partial charge in [-0.3, -0.25) is 0 Å². The van der Waals surface area contributed by atoms with Crippen LogP contribution < -0.4 is 20.5 Å². The van der Waals surface area contributed by atoms with Crippen LogP contribution in [0.15, 0.2) is 47.6 Å². The van der Waals surface area contributed by atoms with Gasteiger partial charge in [0.05, 0.1) is 25.8 Å². The topological polar surface area (TPSA) is 81.8 Å².